The van der Waals surface area contributed by atoms with Gasteiger partial charge in [-0.2, -0.15) is 9.36 Å². The molecule has 192 valence electrons. The van der Waals surface area contributed by atoms with E-state index in [1.165, 1.54) is 32.1 Å². The molecule has 2 aliphatic heterocycles. The maximum atomic E-state index is 12.9. The lowest BCUT2D eigenvalue weighted by Crippen LogP contribution is -2.71. The lowest BCUT2D eigenvalue weighted by atomic mass is 10.0. The summed E-state index contributed by atoms with van der Waals surface area (Å²) in [6, 6.07) is 2.56. The summed E-state index contributed by atoms with van der Waals surface area (Å²) < 4.78 is 12.7. The number of carbonyl (C=O) groups excluding carboxylic acids is 2. The second kappa shape index (κ2) is 9.66. The Morgan fingerprint density at radius 2 is 2.16 bits per heavy atom. The number of nitrogen functional groups attached to an aromatic ring is 1. The minimum absolute atomic E-state index is 0.0481. The highest BCUT2D eigenvalue weighted by Crippen LogP contribution is 2.41. The molecule has 1 unspecified atom stereocenters. The van der Waals surface area contributed by atoms with Crippen LogP contribution in [0.25, 0.3) is 5.65 Å². The Balaban J connectivity index is 1.37. The summed E-state index contributed by atoms with van der Waals surface area (Å²) in [4.78, 5) is 47.6. The van der Waals surface area contributed by atoms with Crippen LogP contribution in [-0.4, -0.2) is 83.4 Å². The molecular weight excluding hydrogens is 526 g/mol. The first-order chi connectivity index (χ1) is 17.8. The first-order valence-corrected chi connectivity index (χ1v) is 12.4. The van der Waals surface area contributed by atoms with Crippen LogP contribution in [0.15, 0.2) is 41.5 Å². The molecule has 3 aromatic heterocycles. The Hall–Kier alpha value is -4.25. The number of imidazole rings is 1. The third-order valence-corrected chi connectivity index (χ3v) is 7.54. The molecule has 3 aromatic rings. The molecule has 2 amide bonds. The Kier molecular flexibility index (Phi) is 6.38. The molecule has 0 bridgehead atoms. The zero-order valence-corrected chi connectivity index (χ0v) is 21.0. The summed E-state index contributed by atoms with van der Waals surface area (Å²) in [5.41, 5.74) is 5.96. The monoisotopic (exact) mass is 546 g/mol. The van der Waals surface area contributed by atoms with E-state index in [4.69, 9.17) is 15.3 Å². The zero-order valence-electron chi connectivity index (χ0n) is 19.3. The normalized spacial score (nSPS) is 21.2. The highest BCUT2D eigenvalue weighted by atomic mass is 32.2. The lowest BCUT2D eigenvalue weighted by Gasteiger charge is -2.49. The van der Waals surface area contributed by atoms with E-state index in [2.05, 4.69) is 24.9 Å². The van der Waals surface area contributed by atoms with Crippen molar-refractivity contribution in [3.8, 4) is 5.88 Å². The first kappa shape index (κ1) is 24.4. The van der Waals surface area contributed by atoms with Crippen molar-refractivity contribution in [2.75, 3.05) is 20.0 Å². The lowest BCUT2D eigenvalue weighted by molar-refractivity contribution is -0.669. The van der Waals surface area contributed by atoms with Gasteiger partial charge in [0.15, 0.2) is 11.3 Å². The second-order valence-corrected chi connectivity index (χ2v) is 9.93. The number of carboxylic acids is 1. The van der Waals surface area contributed by atoms with Crippen LogP contribution in [0.1, 0.15) is 5.82 Å². The van der Waals surface area contributed by atoms with Gasteiger partial charge in [0.25, 0.3) is 17.7 Å². The largest absolute Gasteiger partial charge is 0.479 e. The average Bonchev–Trinajstić information content (AvgIpc) is 3.50. The van der Waals surface area contributed by atoms with Crippen molar-refractivity contribution in [2.45, 2.75) is 23.2 Å². The molecule has 0 spiro atoms. The Morgan fingerprint density at radius 1 is 1.35 bits per heavy atom. The Morgan fingerprint density at radius 3 is 2.84 bits per heavy atom. The number of hydrogen-bond acceptors (Lipinski definition) is 12. The van der Waals surface area contributed by atoms with Crippen LogP contribution in [0.5, 0.6) is 5.88 Å². The summed E-state index contributed by atoms with van der Waals surface area (Å²) >= 11 is 2.23. The number of aliphatic carboxylic acids is 1. The van der Waals surface area contributed by atoms with Gasteiger partial charge in [-0.25, -0.2) is 9.36 Å². The molecule has 0 aromatic carbocycles. The van der Waals surface area contributed by atoms with Crippen LogP contribution in [0.3, 0.4) is 0 Å². The van der Waals surface area contributed by atoms with Crippen LogP contribution in [-0.2, 0) is 25.8 Å². The molecule has 1 fully saturated rings. The maximum Gasteiger partial charge on any atom is 0.352 e. The summed E-state index contributed by atoms with van der Waals surface area (Å²) in [6.45, 7) is 0.392. The Bertz CT molecular complexity index is 1470. The van der Waals surface area contributed by atoms with E-state index < -0.39 is 29.2 Å². The minimum Gasteiger partial charge on any atom is -0.479 e. The minimum atomic E-state index is -1.24. The molecule has 15 nitrogen and oxygen atoms in total. The third-order valence-electron chi connectivity index (χ3n) is 5.60. The van der Waals surface area contributed by atoms with Gasteiger partial charge >= 0.3 is 11.6 Å². The van der Waals surface area contributed by atoms with E-state index >= 15 is 0 Å². The molecule has 0 saturated carbocycles. The van der Waals surface area contributed by atoms with E-state index in [-0.39, 0.29) is 27.6 Å². The van der Waals surface area contributed by atoms with Crippen molar-refractivity contribution >= 4 is 57.6 Å². The fraction of sp³-hybridized carbons (Fsp3) is 0.300. The molecule has 2 aliphatic rings. The fourth-order valence-electron chi connectivity index (χ4n) is 3.98. The molecule has 4 N–H and O–H groups in total. The van der Waals surface area contributed by atoms with E-state index in [1.807, 2.05) is 16.8 Å². The number of nitrogens with one attached hydrogen (secondary N) is 1. The summed E-state index contributed by atoms with van der Waals surface area (Å²) in [5, 5.41) is 19.5. The topological polar surface area (TPSA) is 191 Å². The van der Waals surface area contributed by atoms with Gasteiger partial charge in [0, 0.05) is 23.7 Å². The second-order valence-electron chi connectivity index (χ2n) is 7.79. The van der Waals surface area contributed by atoms with Crippen LogP contribution in [0, 0.1) is 0 Å². The number of carbonyl (C=O) groups is 3. The number of hydrogen-bond donors (Lipinski definition) is 3. The summed E-state index contributed by atoms with van der Waals surface area (Å²) in [6.07, 6.45) is 5.10. The smallest absolute Gasteiger partial charge is 0.352 e. The van der Waals surface area contributed by atoms with Gasteiger partial charge in [0.1, 0.15) is 37.0 Å². The van der Waals surface area contributed by atoms with Crippen molar-refractivity contribution in [1.29, 1.82) is 0 Å². The van der Waals surface area contributed by atoms with Gasteiger partial charge in [-0.3, -0.25) is 14.5 Å². The van der Waals surface area contributed by atoms with Crippen LogP contribution in [0.2, 0.25) is 0 Å². The number of nitrogens with two attached hydrogens (primary N) is 1. The number of fused-ring (bicyclic) bond motifs is 2. The highest BCUT2D eigenvalue weighted by molar-refractivity contribution is 8.00. The molecule has 0 aliphatic carbocycles. The van der Waals surface area contributed by atoms with Crippen LogP contribution in [0.4, 0.5) is 5.13 Å². The van der Waals surface area contributed by atoms with Crippen molar-refractivity contribution < 1.29 is 33.6 Å². The number of aromatic nitrogens is 5. The van der Waals surface area contributed by atoms with Gasteiger partial charge in [-0.15, -0.1) is 11.8 Å². The third kappa shape index (κ3) is 4.42. The molecule has 5 rings (SSSR count). The highest BCUT2D eigenvalue weighted by Gasteiger charge is 2.55. The first-order valence-electron chi connectivity index (χ1n) is 10.7. The van der Waals surface area contributed by atoms with Gasteiger partial charge in [-0.05, 0) is 11.2 Å². The molecule has 17 heteroatoms. The average molecular weight is 547 g/mol. The Labute approximate surface area is 216 Å². The molecule has 1 saturated heterocycles. The van der Waals surface area contributed by atoms with E-state index in [9.17, 15) is 19.5 Å². The molecule has 0 radical (unpaired) electrons. The van der Waals surface area contributed by atoms with Crippen LogP contribution < -0.4 is 20.4 Å². The van der Waals surface area contributed by atoms with Crippen molar-refractivity contribution in [3.05, 3.63) is 42.1 Å². The van der Waals surface area contributed by atoms with E-state index in [0.717, 1.165) is 22.1 Å². The van der Waals surface area contributed by atoms with Gasteiger partial charge in [-0.1, -0.05) is 9.67 Å². The zero-order chi connectivity index (χ0) is 26.3. The molecular formula is C20H20N9O6S2+. The predicted octanol–water partition coefficient (Wildman–Crippen LogP) is -1.15. The number of thioether (sulfide) groups is 1. The number of oxime groups is 1. The predicted molar refractivity (Wildman–Crippen MR) is 129 cm³/mol. The molecule has 3 atom stereocenters. The number of methoxy groups -OCH3 is 1. The van der Waals surface area contributed by atoms with Crippen molar-refractivity contribution in [3.63, 3.8) is 0 Å². The maximum absolute atomic E-state index is 12.9. The SMILES string of the molecule is CO/N=C(\C(=O)N[C@@H]1C(=O)N2C(C(=O)O)=CC(C[n+]3ccn4nc(OC)ccc43)S[C@H]12)c1nsc(N)n1. The number of carboxylic acid groups (broad SMARTS) is 1. The van der Waals surface area contributed by atoms with Gasteiger partial charge in [0.2, 0.25) is 11.5 Å². The number of nitrogens with zero attached hydrogens (tertiary/aromatic N) is 7. The number of anilines is 1. The molecule has 5 heterocycles. The standard InChI is InChI=1S/C20H19N9O6S2/c1-34-11-3-4-12-27(5-6-28(12)24-11)8-9-7-10(19(32)33)29-17(31)14(18(29)36-9)22-16(30)13(25-35-2)15-23-20(21)37-26-15/h3-7,9,14,18H,8H2,1-2H3,(H3-,21,22,23,26,30,32,33)/p+1/b25-13-/t9?,14-,18-/m1/s1. The van der Waals surface area contributed by atoms with Gasteiger partial charge < -0.3 is 25.7 Å². The van der Waals surface area contributed by atoms with Crippen molar-refractivity contribution in [1.82, 2.24) is 29.2 Å². The van der Waals surface area contributed by atoms with Gasteiger partial charge in [0.05, 0.1) is 12.4 Å². The van der Waals surface area contributed by atoms with Crippen molar-refractivity contribution in [2.24, 2.45) is 5.16 Å². The summed E-state index contributed by atoms with van der Waals surface area (Å²) in [7, 11) is 2.77. The number of β-lactam (4-membered cyclic amide) rings is 1. The van der Waals surface area contributed by atoms with E-state index in [0.29, 0.717) is 12.4 Å². The number of ether oxygens (including phenoxy) is 1. The van der Waals surface area contributed by atoms with Crippen LogP contribution >= 0.6 is 23.3 Å². The fourth-order valence-corrected chi connectivity index (χ4v) is 5.91. The van der Waals surface area contributed by atoms with E-state index in [1.54, 1.807) is 16.8 Å². The molecule has 37 heavy (non-hydrogen) atoms. The summed E-state index contributed by atoms with van der Waals surface area (Å²) in [5.74, 6) is -2.15. The quantitative estimate of drug-likeness (QED) is 0.134. The number of amides is 2. The number of rotatable bonds is 8.